The van der Waals surface area contributed by atoms with Crippen LogP contribution < -0.4 is 15.0 Å². The summed E-state index contributed by atoms with van der Waals surface area (Å²) >= 11 is 0. The Kier molecular flexibility index (Phi) is 6.06. The van der Waals surface area contributed by atoms with Crippen molar-refractivity contribution in [3.8, 4) is 5.88 Å². The Labute approximate surface area is 179 Å². The van der Waals surface area contributed by atoms with Crippen LogP contribution in [-0.2, 0) is 14.4 Å². The molecule has 10 nitrogen and oxygen atoms in total. The molecule has 1 aromatic rings. The first-order valence-electron chi connectivity index (χ1n) is 10.7. The molecule has 2 N–H and O–H groups in total. The number of imide groups is 1. The van der Waals surface area contributed by atoms with Crippen molar-refractivity contribution in [1.82, 2.24) is 15.2 Å². The van der Waals surface area contributed by atoms with Gasteiger partial charge in [0.25, 0.3) is 0 Å². The minimum absolute atomic E-state index is 0.0383. The van der Waals surface area contributed by atoms with Gasteiger partial charge in [0.1, 0.15) is 6.10 Å². The van der Waals surface area contributed by atoms with E-state index in [9.17, 15) is 19.2 Å². The quantitative estimate of drug-likeness (QED) is 0.722. The maximum Gasteiger partial charge on any atom is 0.328 e. The van der Waals surface area contributed by atoms with Crippen molar-refractivity contribution in [1.29, 1.82) is 0 Å². The van der Waals surface area contributed by atoms with Crippen molar-refractivity contribution in [3.63, 3.8) is 0 Å². The molecule has 1 aromatic heterocycles. The number of likely N-dealkylation sites (tertiary alicyclic amines) is 1. The number of hydrogen-bond acceptors (Lipinski definition) is 6. The van der Waals surface area contributed by atoms with Crippen molar-refractivity contribution in [2.24, 2.45) is 11.8 Å². The van der Waals surface area contributed by atoms with E-state index in [2.05, 4.69) is 10.3 Å². The lowest BCUT2D eigenvalue weighted by molar-refractivity contribution is -0.142. The van der Waals surface area contributed by atoms with Crippen LogP contribution in [-0.4, -0.2) is 64.5 Å². The van der Waals surface area contributed by atoms with Gasteiger partial charge in [-0.05, 0) is 38.2 Å². The van der Waals surface area contributed by atoms with Gasteiger partial charge in [-0.2, -0.15) is 0 Å². The number of nitrogens with one attached hydrogen (secondary N) is 1. The van der Waals surface area contributed by atoms with E-state index in [1.165, 1.54) is 4.90 Å². The van der Waals surface area contributed by atoms with Crippen LogP contribution in [0.25, 0.3) is 0 Å². The number of ether oxygens (including phenoxy) is 1. The molecule has 0 spiro atoms. The molecule has 31 heavy (non-hydrogen) atoms. The van der Waals surface area contributed by atoms with E-state index < -0.39 is 17.9 Å². The lowest BCUT2D eigenvalue weighted by atomic mass is 9.86. The zero-order valence-corrected chi connectivity index (χ0v) is 17.2. The third kappa shape index (κ3) is 4.78. The molecular formula is C21H26N4O6. The summed E-state index contributed by atoms with van der Waals surface area (Å²) < 4.78 is 5.96. The first-order chi connectivity index (χ1) is 14.9. The molecule has 3 heterocycles. The molecule has 3 fully saturated rings. The lowest BCUT2D eigenvalue weighted by Gasteiger charge is -2.30. The highest BCUT2D eigenvalue weighted by Gasteiger charge is 2.36. The van der Waals surface area contributed by atoms with E-state index >= 15 is 0 Å². The summed E-state index contributed by atoms with van der Waals surface area (Å²) in [6, 6.07) is 2.98. The fraction of sp³-hybridized carbons (Fsp3) is 0.571. The van der Waals surface area contributed by atoms with E-state index in [1.807, 2.05) is 0 Å². The lowest BCUT2D eigenvalue weighted by Crippen LogP contribution is -2.49. The van der Waals surface area contributed by atoms with Crippen LogP contribution in [0.4, 0.5) is 10.5 Å². The number of aliphatic carboxylic acids is 1. The van der Waals surface area contributed by atoms with Gasteiger partial charge in [0.05, 0.1) is 17.8 Å². The van der Waals surface area contributed by atoms with Gasteiger partial charge < -0.3 is 14.7 Å². The zero-order chi connectivity index (χ0) is 22.0. The minimum Gasteiger partial charge on any atom is -0.481 e. The Balaban J connectivity index is 1.25. The third-order valence-electron chi connectivity index (χ3n) is 6.25. The molecule has 2 saturated heterocycles. The number of aromatic nitrogens is 1. The standard InChI is InChI=1S/C21H26N4O6/c26-17-8-10-25(21(30)23-17)15-3-6-18(22-11-15)31-16-4-1-13(2-5-16)19(27)24-9-7-14(12-24)20(28)29/h3,6,11,13-14,16H,1-2,4-5,7-10,12H2,(H,28,29)(H,23,26,30)/t13?,14-,16?/m1/s1. The van der Waals surface area contributed by atoms with Crippen LogP contribution in [0.2, 0.25) is 0 Å². The molecule has 4 amide bonds. The maximum atomic E-state index is 12.7. The van der Waals surface area contributed by atoms with E-state index in [1.54, 1.807) is 23.2 Å². The molecule has 10 heteroatoms. The molecule has 3 aliphatic rings. The van der Waals surface area contributed by atoms with Crippen LogP contribution in [0, 0.1) is 11.8 Å². The van der Waals surface area contributed by atoms with Gasteiger partial charge in [-0.1, -0.05) is 0 Å². The first-order valence-corrected chi connectivity index (χ1v) is 10.7. The van der Waals surface area contributed by atoms with Crippen molar-refractivity contribution in [3.05, 3.63) is 18.3 Å². The summed E-state index contributed by atoms with van der Waals surface area (Å²) in [6.07, 6.45) is 5.15. The fourth-order valence-electron chi connectivity index (χ4n) is 4.43. The largest absolute Gasteiger partial charge is 0.481 e. The summed E-state index contributed by atoms with van der Waals surface area (Å²) in [4.78, 5) is 54.4. The van der Waals surface area contributed by atoms with E-state index in [0.717, 1.165) is 12.8 Å². The van der Waals surface area contributed by atoms with Gasteiger partial charge in [-0.25, -0.2) is 9.78 Å². The Morgan fingerprint density at radius 3 is 2.45 bits per heavy atom. The Bertz CT molecular complexity index is 865. The van der Waals surface area contributed by atoms with Crippen molar-refractivity contribution >= 4 is 29.5 Å². The zero-order valence-electron chi connectivity index (χ0n) is 17.2. The molecule has 1 saturated carbocycles. The van der Waals surface area contributed by atoms with Gasteiger partial charge in [0, 0.05) is 38.0 Å². The van der Waals surface area contributed by atoms with Crippen molar-refractivity contribution < 1.29 is 29.0 Å². The van der Waals surface area contributed by atoms with Gasteiger partial charge in [-0.3, -0.25) is 24.6 Å². The van der Waals surface area contributed by atoms with Gasteiger partial charge >= 0.3 is 12.0 Å². The highest BCUT2D eigenvalue weighted by atomic mass is 16.5. The number of nitrogens with zero attached hydrogens (tertiary/aromatic N) is 3. The predicted octanol–water partition coefficient (Wildman–Crippen LogP) is 1.40. The van der Waals surface area contributed by atoms with Crippen LogP contribution in [0.1, 0.15) is 38.5 Å². The maximum absolute atomic E-state index is 12.7. The molecular weight excluding hydrogens is 404 g/mol. The number of carbonyl (C=O) groups is 4. The Morgan fingerprint density at radius 1 is 1.06 bits per heavy atom. The van der Waals surface area contributed by atoms with Gasteiger partial charge in [-0.15, -0.1) is 0 Å². The number of amides is 4. The molecule has 0 unspecified atom stereocenters. The van der Waals surface area contributed by atoms with Crippen LogP contribution in [0.3, 0.4) is 0 Å². The molecule has 0 radical (unpaired) electrons. The van der Waals surface area contributed by atoms with E-state index in [-0.39, 0.29) is 30.3 Å². The fourth-order valence-corrected chi connectivity index (χ4v) is 4.43. The average molecular weight is 430 g/mol. The smallest absolute Gasteiger partial charge is 0.328 e. The molecule has 4 rings (SSSR count). The summed E-state index contributed by atoms with van der Waals surface area (Å²) in [7, 11) is 0. The number of carboxylic acid groups (broad SMARTS) is 1. The number of rotatable bonds is 5. The van der Waals surface area contributed by atoms with Crippen molar-refractivity contribution in [2.45, 2.75) is 44.6 Å². The number of urea groups is 1. The minimum atomic E-state index is -0.833. The molecule has 0 bridgehead atoms. The van der Waals surface area contributed by atoms with Gasteiger partial charge in [0.15, 0.2) is 0 Å². The monoisotopic (exact) mass is 430 g/mol. The van der Waals surface area contributed by atoms with Gasteiger partial charge in [0.2, 0.25) is 17.7 Å². The third-order valence-corrected chi connectivity index (χ3v) is 6.25. The number of carboxylic acids is 1. The predicted molar refractivity (Wildman–Crippen MR) is 108 cm³/mol. The number of pyridine rings is 1. The second-order valence-electron chi connectivity index (χ2n) is 8.31. The topological polar surface area (TPSA) is 129 Å². The molecule has 166 valence electrons. The van der Waals surface area contributed by atoms with Crippen molar-refractivity contribution in [2.75, 3.05) is 24.5 Å². The Morgan fingerprint density at radius 2 is 1.84 bits per heavy atom. The molecule has 1 atom stereocenters. The molecule has 0 aromatic carbocycles. The highest BCUT2D eigenvalue weighted by Crippen LogP contribution is 2.30. The normalized spacial score (nSPS) is 26.5. The summed E-state index contributed by atoms with van der Waals surface area (Å²) in [5.74, 6) is -1.13. The molecule has 1 aliphatic carbocycles. The van der Waals surface area contributed by atoms with Crippen LogP contribution in [0.15, 0.2) is 18.3 Å². The second-order valence-corrected chi connectivity index (χ2v) is 8.31. The summed E-state index contributed by atoms with van der Waals surface area (Å²) in [6.45, 7) is 1.14. The number of carbonyl (C=O) groups excluding carboxylic acids is 3. The van der Waals surface area contributed by atoms with Crippen LogP contribution in [0.5, 0.6) is 5.88 Å². The SMILES string of the molecule is O=C1CCN(c2ccc(OC3CCC(C(=O)N4CC[C@@H](C(=O)O)C4)CC3)nc2)C(=O)N1. The highest BCUT2D eigenvalue weighted by molar-refractivity contribution is 6.05. The number of anilines is 1. The first kappa shape index (κ1) is 21.1. The molecule has 2 aliphatic heterocycles. The summed E-state index contributed by atoms with van der Waals surface area (Å²) in [5, 5.41) is 11.4. The average Bonchev–Trinajstić information content (AvgIpc) is 3.25. The second kappa shape index (κ2) is 8.91. The number of hydrogen-bond donors (Lipinski definition) is 2. The van der Waals surface area contributed by atoms with E-state index in [0.29, 0.717) is 50.5 Å². The Hall–Kier alpha value is -3.17. The van der Waals surface area contributed by atoms with Crippen LogP contribution >= 0.6 is 0 Å². The van der Waals surface area contributed by atoms with E-state index in [4.69, 9.17) is 9.84 Å². The summed E-state index contributed by atoms with van der Waals surface area (Å²) in [5.41, 5.74) is 0.594.